The molecule has 15 heavy (non-hydrogen) atoms. The molecule has 3 nitrogen and oxygen atoms in total. The monoisotopic (exact) mass is 220 g/mol. The van der Waals surface area contributed by atoms with Crippen LogP contribution in [-0.2, 0) is 0 Å². The zero-order chi connectivity index (χ0) is 11.0. The van der Waals surface area contributed by atoms with Gasteiger partial charge in [-0.15, -0.1) is 0 Å². The molecule has 0 amide bonds. The molecule has 1 aromatic heterocycles. The van der Waals surface area contributed by atoms with E-state index in [-0.39, 0.29) is 16.6 Å². The molecule has 0 radical (unpaired) electrons. The largest absolute Gasteiger partial charge is 0.293 e. The van der Waals surface area contributed by atoms with Gasteiger partial charge in [-0.3, -0.25) is 4.79 Å². The maximum atomic E-state index is 11.2. The standard InChI is InChI=1S/C11H9ClN2O/c1-6-3-4-8-9(5-6)13-10(7(2)15)11(12)14-8/h3-5H,1-2H3. The number of benzene rings is 1. The Morgan fingerprint density at radius 3 is 2.67 bits per heavy atom. The fourth-order valence-electron chi connectivity index (χ4n) is 1.37. The molecule has 0 aliphatic carbocycles. The van der Waals surface area contributed by atoms with Gasteiger partial charge in [0.1, 0.15) is 5.69 Å². The van der Waals surface area contributed by atoms with Crippen LogP contribution in [0.5, 0.6) is 0 Å². The summed E-state index contributed by atoms with van der Waals surface area (Å²) >= 11 is 5.84. The van der Waals surface area contributed by atoms with Crippen LogP contribution in [0.4, 0.5) is 0 Å². The second kappa shape index (κ2) is 3.59. The van der Waals surface area contributed by atoms with Gasteiger partial charge in [0.25, 0.3) is 0 Å². The van der Waals surface area contributed by atoms with Crippen LogP contribution in [0.1, 0.15) is 23.0 Å². The molecule has 2 aromatic rings. The molecule has 2 rings (SSSR count). The molecule has 1 heterocycles. The first-order valence-electron chi connectivity index (χ1n) is 4.53. The summed E-state index contributed by atoms with van der Waals surface area (Å²) in [6.45, 7) is 3.39. The van der Waals surface area contributed by atoms with Gasteiger partial charge in [-0.1, -0.05) is 17.7 Å². The normalized spacial score (nSPS) is 10.6. The first-order valence-corrected chi connectivity index (χ1v) is 4.90. The molecule has 0 aliphatic heterocycles. The quantitative estimate of drug-likeness (QED) is 0.694. The van der Waals surface area contributed by atoms with Crippen LogP contribution in [0.2, 0.25) is 5.15 Å². The van der Waals surface area contributed by atoms with E-state index in [0.29, 0.717) is 11.0 Å². The molecule has 0 atom stereocenters. The molecular weight excluding hydrogens is 212 g/mol. The number of hydrogen-bond donors (Lipinski definition) is 0. The summed E-state index contributed by atoms with van der Waals surface area (Å²) in [5, 5.41) is 0.166. The predicted octanol–water partition coefficient (Wildman–Crippen LogP) is 2.79. The number of halogens is 1. The average Bonchev–Trinajstić information content (AvgIpc) is 2.17. The number of rotatable bonds is 1. The minimum atomic E-state index is -0.170. The zero-order valence-electron chi connectivity index (χ0n) is 8.41. The Kier molecular flexibility index (Phi) is 2.40. The van der Waals surface area contributed by atoms with Crippen LogP contribution in [0.25, 0.3) is 11.0 Å². The van der Waals surface area contributed by atoms with Crippen molar-refractivity contribution >= 4 is 28.4 Å². The lowest BCUT2D eigenvalue weighted by molar-refractivity contribution is 0.101. The van der Waals surface area contributed by atoms with Gasteiger partial charge in [0.2, 0.25) is 0 Å². The number of aromatic nitrogens is 2. The fraction of sp³-hybridized carbons (Fsp3) is 0.182. The highest BCUT2D eigenvalue weighted by Gasteiger charge is 2.10. The summed E-state index contributed by atoms with van der Waals surface area (Å²) in [4.78, 5) is 19.5. The molecular formula is C11H9ClN2O. The van der Waals surface area contributed by atoms with Gasteiger partial charge in [-0.2, -0.15) is 0 Å². The van der Waals surface area contributed by atoms with E-state index < -0.39 is 0 Å². The Balaban J connectivity index is 2.77. The SMILES string of the molecule is CC(=O)c1nc2cc(C)ccc2nc1Cl. The van der Waals surface area contributed by atoms with E-state index in [0.717, 1.165) is 5.56 Å². The minimum Gasteiger partial charge on any atom is -0.293 e. The van der Waals surface area contributed by atoms with Crippen LogP contribution in [-0.4, -0.2) is 15.8 Å². The first-order chi connectivity index (χ1) is 7.08. The van der Waals surface area contributed by atoms with Crippen molar-refractivity contribution in [1.29, 1.82) is 0 Å². The Bertz CT molecular complexity index is 552. The van der Waals surface area contributed by atoms with Crippen molar-refractivity contribution in [2.75, 3.05) is 0 Å². The van der Waals surface area contributed by atoms with Crippen molar-refractivity contribution in [3.63, 3.8) is 0 Å². The number of fused-ring (bicyclic) bond motifs is 1. The molecule has 1 aromatic carbocycles. The second-order valence-corrected chi connectivity index (χ2v) is 3.77. The topological polar surface area (TPSA) is 42.9 Å². The van der Waals surface area contributed by atoms with Crippen molar-refractivity contribution in [3.05, 3.63) is 34.6 Å². The van der Waals surface area contributed by atoms with Crippen LogP contribution >= 0.6 is 11.6 Å². The molecule has 0 unspecified atom stereocenters. The van der Waals surface area contributed by atoms with Gasteiger partial charge in [-0.25, -0.2) is 9.97 Å². The van der Waals surface area contributed by atoms with E-state index >= 15 is 0 Å². The molecule has 0 aliphatic rings. The zero-order valence-corrected chi connectivity index (χ0v) is 9.17. The van der Waals surface area contributed by atoms with E-state index in [9.17, 15) is 4.79 Å². The maximum absolute atomic E-state index is 11.2. The summed E-state index contributed by atoms with van der Waals surface area (Å²) in [5.41, 5.74) is 2.71. The van der Waals surface area contributed by atoms with E-state index in [1.165, 1.54) is 6.92 Å². The van der Waals surface area contributed by atoms with Crippen LogP contribution in [0, 0.1) is 6.92 Å². The second-order valence-electron chi connectivity index (χ2n) is 3.41. The Morgan fingerprint density at radius 1 is 1.27 bits per heavy atom. The number of carbonyl (C=O) groups is 1. The van der Waals surface area contributed by atoms with Crippen LogP contribution in [0.15, 0.2) is 18.2 Å². The number of Topliss-reactive ketones (excluding diaryl/α,β-unsaturated/α-hetero) is 1. The van der Waals surface area contributed by atoms with E-state index in [1.54, 1.807) is 0 Å². The third-order valence-electron chi connectivity index (χ3n) is 2.11. The Hall–Kier alpha value is -1.48. The van der Waals surface area contributed by atoms with Crippen molar-refractivity contribution in [2.24, 2.45) is 0 Å². The highest BCUT2D eigenvalue weighted by Crippen LogP contribution is 2.18. The molecule has 76 valence electrons. The number of hydrogen-bond acceptors (Lipinski definition) is 3. The van der Waals surface area contributed by atoms with Crippen molar-refractivity contribution in [3.8, 4) is 0 Å². The molecule has 0 spiro atoms. The van der Waals surface area contributed by atoms with Crippen LogP contribution < -0.4 is 0 Å². The molecule has 0 saturated heterocycles. The smallest absolute Gasteiger partial charge is 0.181 e. The lowest BCUT2D eigenvalue weighted by atomic mass is 10.2. The molecule has 4 heteroatoms. The number of carbonyl (C=O) groups excluding carboxylic acids is 1. The highest BCUT2D eigenvalue weighted by atomic mass is 35.5. The third kappa shape index (κ3) is 1.83. The van der Waals surface area contributed by atoms with Gasteiger partial charge < -0.3 is 0 Å². The third-order valence-corrected chi connectivity index (χ3v) is 2.37. The van der Waals surface area contributed by atoms with E-state index in [2.05, 4.69) is 9.97 Å². The van der Waals surface area contributed by atoms with Gasteiger partial charge >= 0.3 is 0 Å². The minimum absolute atomic E-state index is 0.166. The van der Waals surface area contributed by atoms with Crippen LogP contribution in [0.3, 0.4) is 0 Å². The molecule has 0 N–H and O–H groups in total. The highest BCUT2D eigenvalue weighted by molar-refractivity contribution is 6.32. The first kappa shape index (κ1) is 10.1. The van der Waals surface area contributed by atoms with Crippen molar-refractivity contribution in [1.82, 2.24) is 9.97 Å². The summed E-state index contributed by atoms with van der Waals surface area (Å²) in [6.07, 6.45) is 0. The van der Waals surface area contributed by atoms with Gasteiger partial charge in [0.15, 0.2) is 10.9 Å². The fourth-order valence-corrected chi connectivity index (χ4v) is 1.63. The summed E-state index contributed by atoms with van der Waals surface area (Å²) < 4.78 is 0. The van der Waals surface area contributed by atoms with Crippen molar-refractivity contribution in [2.45, 2.75) is 13.8 Å². The molecule has 0 bridgehead atoms. The van der Waals surface area contributed by atoms with Crippen molar-refractivity contribution < 1.29 is 4.79 Å². The van der Waals surface area contributed by atoms with E-state index in [4.69, 9.17) is 11.6 Å². The van der Waals surface area contributed by atoms with E-state index in [1.807, 2.05) is 25.1 Å². The summed E-state index contributed by atoms with van der Waals surface area (Å²) in [6, 6.07) is 5.65. The Labute approximate surface area is 92.1 Å². The lowest BCUT2D eigenvalue weighted by Gasteiger charge is -2.02. The lowest BCUT2D eigenvalue weighted by Crippen LogP contribution is -2.00. The maximum Gasteiger partial charge on any atom is 0.181 e. The molecule has 0 fully saturated rings. The summed E-state index contributed by atoms with van der Waals surface area (Å²) in [7, 11) is 0. The number of nitrogens with zero attached hydrogens (tertiary/aromatic N) is 2. The number of aryl methyl sites for hydroxylation is 1. The number of ketones is 1. The molecule has 0 saturated carbocycles. The predicted molar refractivity (Wildman–Crippen MR) is 59.3 cm³/mol. The van der Waals surface area contributed by atoms with Gasteiger partial charge in [0, 0.05) is 6.92 Å². The van der Waals surface area contributed by atoms with Gasteiger partial charge in [-0.05, 0) is 24.6 Å². The average molecular weight is 221 g/mol. The Morgan fingerprint density at radius 2 is 2.00 bits per heavy atom. The summed E-state index contributed by atoms with van der Waals surface area (Å²) in [5.74, 6) is -0.170. The van der Waals surface area contributed by atoms with Gasteiger partial charge in [0.05, 0.1) is 11.0 Å².